The van der Waals surface area contributed by atoms with Gasteiger partial charge in [-0.05, 0) is 22.9 Å². The third-order valence-electron chi connectivity index (χ3n) is 2.86. The van der Waals surface area contributed by atoms with E-state index in [1.165, 1.54) is 4.80 Å². The SMILES string of the molecule is ClCc1ccc(-n2nnc(-c3ccccc3)n2)cc1Cl. The van der Waals surface area contributed by atoms with Gasteiger partial charge in [0.2, 0.25) is 5.82 Å². The molecule has 3 aromatic rings. The molecule has 0 unspecified atom stereocenters. The van der Waals surface area contributed by atoms with Crippen molar-refractivity contribution in [3.05, 3.63) is 59.1 Å². The Hall–Kier alpha value is -1.91. The molecule has 0 fully saturated rings. The van der Waals surface area contributed by atoms with E-state index in [9.17, 15) is 0 Å². The topological polar surface area (TPSA) is 43.6 Å². The first-order valence-corrected chi connectivity index (χ1v) is 6.89. The van der Waals surface area contributed by atoms with E-state index in [1.54, 1.807) is 6.07 Å². The predicted octanol–water partition coefficient (Wildman–Crippen LogP) is 3.72. The molecule has 1 heterocycles. The Morgan fingerprint density at radius 1 is 1.05 bits per heavy atom. The van der Waals surface area contributed by atoms with Crippen molar-refractivity contribution in [2.24, 2.45) is 0 Å². The first-order chi connectivity index (χ1) is 9.78. The van der Waals surface area contributed by atoms with Gasteiger partial charge in [0.05, 0.1) is 5.69 Å². The van der Waals surface area contributed by atoms with E-state index in [2.05, 4.69) is 15.4 Å². The van der Waals surface area contributed by atoms with Crippen LogP contribution in [0.1, 0.15) is 5.56 Å². The number of benzene rings is 2. The van der Waals surface area contributed by atoms with Crippen molar-refractivity contribution in [1.29, 1.82) is 0 Å². The van der Waals surface area contributed by atoms with E-state index in [4.69, 9.17) is 23.2 Å². The van der Waals surface area contributed by atoms with Crippen LogP contribution < -0.4 is 0 Å². The monoisotopic (exact) mass is 304 g/mol. The number of halogens is 2. The van der Waals surface area contributed by atoms with Gasteiger partial charge in [0.15, 0.2) is 0 Å². The van der Waals surface area contributed by atoms with E-state index >= 15 is 0 Å². The molecule has 0 radical (unpaired) electrons. The van der Waals surface area contributed by atoms with Gasteiger partial charge >= 0.3 is 0 Å². The van der Waals surface area contributed by atoms with Crippen LogP contribution in [0, 0.1) is 0 Å². The zero-order chi connectivity index (χ0) is 13.9. The minimum atomic E-state index is 0.374. The highest BCUT2D eigenvalue weighted by Crippen LogP contribution is 2.21. The molecule has 0 N–H and O–H groups in total. The van der Waals surface area contributed by atoms with Gasteiger partial charge in [-0.15, -0.1) is 26.6 Å². The molecule has 0 amide bonds. The number of rotatable bonds is 3. The molecule has 1 aromatic heterocycles. The molecule has 20 heavy (non-hydrogen) atoms. The van der Waals surface area contributed by atoms with Gasteiger partial charge in [-0.1, -0.05) is 48.0 Å². The van der Waals surface area contributed by atoms with Crippen LogP contribution in [0.5, 0.6) is 0 Å². The number of nitrogens with zero attached hydrogens (tertiary/aromatic N) is 4. The van der Waals surface area contributed by atoms with E-state index in [-0.39, 0.29) is 0 Å². The van der Waals surface area contributed by atoms with Gasteiger partial charge in [-0.25, -0.2) is 0 Å². The summed E-state index contributed by atoms with van der Waals surface area (Å²) in [7, 11) is 0. The molecule has 100 valence electrons. The summed E-state index contributed by atoms with van der Waals surface area (Å²) in [5, 5.41) is 13.0. The van der Waals surface area contributed by atoms with E-state index in [1.807, 2.05) is 42.5 Å². The second-order valence-corrected chi connectivity index (χ2v) is 4.85. The Labute approximate surface area is 126 Å². The molecule has 0 aliphatic heterocycles. The standard InChI is InChI=1S/C14H10Cl2N4/c15-9-11-6-7-12(8-13(11)16)20-18-14(17-19-20)10-4-2-1-3-5-10/h1-8H,9H2. The van der Waals surface area contributed by atoms with E-state index in [0.29, 0.717) is 16.7 Å². The van der Waals surface area contributed by atoms with Gasteiger partial charge in [-0.2, -0.15) is 0 Å². The van der Waals surface area contributed by atoms with Crippen LogP contribution in [0.15, 0.2) is 48.5 Å². The Morgan fingerprint density at radius 3 is 2.55 bits per heavy atom. The summed E-state index contributed by atoms with van der Waals surface area (Å²) in [5.74, 6) is 0.947. The zero-order valence-corrected chi connectivity index (χ0v) is 11.9. The second-order valence-electron chi connectivity index (χ2n) is 4.18. The summed E-state index contributed by atoms with van der Waals surface area (Å²) in [6.45, 7) is 0. The summed E-state index contributed by atoms with van der Waals surface area (Å²) in [6.07, 6.45) is 0. The number of hydrogen-bond acceptors (Lipinski definition) is 3. The number of hydrogen-bond donors (Lipinski definition) is 0. The molecule has 3 rings (SSSR count). The highest BCUT2D eigenvalue weighted by molar-refractivity contribution is 6.32. The first-order valence-electron chi connectivity index (χ1n) is 5.98. The highest BCUT2D eigenvalue weighted by Gasteiger charge is 2.08. The molecule has 0 bridgehead atoms. The van der Waals surface area contributed by atoms with E-state index < -0.39 is 0 Å². The lowest BCUT2D eigenvalue weighted by atomic mass is 10.2. The Balaban J connectivity index is 1.96. The molecular formula is C14H10Cl2N4. The van der Waals surface area contributed by atoms with Crippen LogP contribution in [0.3, 0.4) is 0 Å². The van der Waals surface area contributed by atoms with E-state index in [0.717, 1.165) is 16.8 Å². The zero-order valence-electron chi connectivity index (χ0n) is 10.4. The quantitative estimate of drug-likeness (QED) is 0.693. The minimum absolute atomic E-state index is 0.374. The lowest BCUT2D eigenvalue weighted by Crippen LogP contribution is -1.99. The van der Waals surface area contributed by atoms with Gasteiger partial charge in [0.25, 0.3) is 0 Å². The molecule has 0 atom stereocenters. The normalized spacial score (nSPS) is 10.7. The van der Waals surface area contributed by atoms with Crippen LogP contribution in [0.4, 0.5) is 0 Å². The highest BCUT2D eigenvalue weighted by atomic mass is 35.5. The van der Waals surface area contributed by atoms with Crippen molar-refractivity contribution in [2.75, 3.05) is 0 Å². The molecule has 4 nitrogen and oxygen atoms in total. The Morgan fingerprint density at radius 2 is 1.85 bits per heavy atom. The average molecular weight is 305 g/mol. The fraction of sp³-hybridized carbons (Fsp3) is 0.0714. The lowest BCUT2D eigenvalue weighted by molar-refractivity contribution is 0.720. The van der Waals surface area contributed by atoms with Crippen molar-refractivity contribution in [3.63, 3.8) is 0 Å². The van der Waals surface area contributed by atoms with Crippen molar-refractivity contribution in [2.45, 2.75) is 5.88 Å². The van der Waals surface area contributed by atoms with Crippen molar-refractivity contribution in [3.8, 4) is 17.1 Å². The Bertz CT molecular complexity index is 725. The third-order valence-corrected chi connectivity index (χ3v) is 3.50. The number of aromatic nitrogens is 4. The molecule has 0 aliphatic rings. The maximum absolute atomic E-state index is 6.13. The van der Waals surface area contributed by atoms with Crippen LogP contribution in [-0.2, 0) is 5.88 Å². The largest absolute Gasteiger partial charge is 0.205 e. The summed E-state index contributed by atoms with van der Waals surface area (Å²) in [6, 6.07) is 15.2. The molecule has 6 heteroatoms. The maximum atomic E-state index is 6.13. The van der Waals surface area contributed by atoms with Crippen molar-refractivity contribution >= 4 is 23.2 Å². The van der Waals surface area contributed by atoms with Gasteiger partial charge in [-0.3, -0.25) is 0 Å². The molecule has 0 saturated heterocycles. The summed E-state index contributed by atoms with van der Waals surface area (Å²) in [5.41, 5.74) is 2.54. The molecule has 0 aliphatic carbocycles. The summed E-state index contributed by atoms with van der Waals surface area (Å²) >= 11 is 11.9. The number of tetrazole rings is 1. The summed E-state index contributed by atoms with van der Waals surface area (Å²) < 4.78 is 0. The molecule has 0 saturated carbocycles. The number of alkyl halides is 1. The summed E-state index contributed by atoms with van der Waals surface area (Å²) in [4.78, 5) is 1.45. The van der Waals surface area contributed by atoms with Crippen LogP contribution in [-0.4, -0.2) is 20.2 Å². The minimum Gasteiger partial charge on any atom is -0.130 e. The Kier molecular flexibility index (Phi) is 3.67. The van der Waals surface area contributed by atoms with Gasteiger partial charge in [0, 0.05) is 16.5 Å². The van der Waals surface area contributed by atoms with Crippen LogP contribution >= 0.6 is 23.2 Å². The molecular weight excluding hydrogens is 295 g/mol. The van der Waals surface area contributed by atoms with Gasteiger partial charge in [0.1, 0.15) is 0 Å². The average Bonchev–Trinajstić information content (AvgIpc) is 2.98. The smallest absolute Gasteiger partial charge is 0.130 e. The molecule has 2 aromatic carbocycles. The van der Waals surface area contributed by atoms with Gasteiger partial charge < -0.3 is 0 Å². The lowest BCUT2D eigenvalue weighted by Gasteiger charge is -2.02. The van der Waals surface area contributed by atoms with Crippen LogP contribution in [0.2, 0.25) is 5.02 Å². The van der Waals surface area contributed by atoms with Crippen LogP contribution in [0.25, 0.3) is 17.1 Å². The second kappa shape index (κ2) is 5.61. The first kappa shape index (κ1) is 13.1. The molecule has 0 spiro atoms. The fourth-order valence-electron chi connectivity index (χ4n) is 1.80. The fourth-order valence-corrected chi connectivity index (χ4v) is 2.34. The van der Waals surface area contributed by atoms with Crippen molar-refractivity contribution in [1.82, 2.24) is 20.2 Å². The maximum Gasteiger partial charge on any atom is 0.205 e. The van der Waals surface area contributed by atoms with Crippen molar-refractivity contribution < 1.29 is 0 Å². The predicted molar refractivity (Wildman–Crippen MR) is 79.2 cm³/mol. The third kappa shape index (κ3) is 2.53.